The molecule has 3 rings (SSSR count). The third-order valence-corrected chi connectivity index (χ3v) is 3.93. The van der Waals surface area contributed by atoms with Crippen molar-refractivity contribution >= 4 is 23.0 Å². The maximum Gasteiger partial charge on any atom is 0.231 e. The average molecular weight is 361 g/mol. The summed E-state index contributed by atoms with van der Waals surface area (Å²) in [4.78, 5) is 10.6. The molecule has 1 aromatic carbocycles. The van der Waals surface area contributed by atoms with Crippen molar-refractivity contribution in [3.63, 3.8) is 0 Å². The molecule has 1 aliphatic heterocycles. The van der Waals surface area contributed by atoms with Crippen molar-refractivity contribution in [1.82, 2.24) is 9.97 Å². The van der Waals surface area contributed by atoms with Gasteiger partial charge in [0.05, 0.1) is 13.2 Å². The van der Waals surface area contributed by atoms with Gasteiger partial charge >= 0.3 is 0 Å². The molecular formula is C17H23N5O4. The Kier molecular flexibility index (Phi) is 5.92. The Hall–Kier alpha value is -2.78. The summed E-state index contributed by atoms with van der Waals surface area (Å²) < 4.78 is 21.1. The second-order valence-electron chi connectivity index (χ2n) is 5.63. The van der Waals surface area contributed by atoms with Crippen LogP contribution in [0.1, 0.15) is 0 Å². The number of fused-ring (bicyclic) bond motifs is 1. The third kappa shape index (κ3) is 4.06. The van der Waals surface area contributed by atoms with Crippen LogP contribution in [0.4, 0.5) is 23.0 Å². The zero-order valence-electron chi connectivity index (χ0n) is 14.9. The summed E-state index contributed by atoms with van der Waals surface area (Å²) in [5.74, 6) is 2.56. The van der Waals surface area contributed by atoms with E-state index in [-0.39, 0.29) is 6.79 Å². The molecule has 0 spiro atoms. The lowest BCUT2D eigenvalue weighted by molar-refractivity contribution is 0.174. The van der Waals surface area contributed by atoms with Crippen LogP contribution in [0.25, 0.3) is 0 Å². The van der Waals surface area contributed by atoms with E-state index in [0.29, 0.717) is 49.4 Å². The number of nitrogen functional groups attached to an aromatic ring is 1. The van der Waals surface area contributed by atoms with Gasteiger partial charge in [-0.3, -0.25) is 0 Å². The molecule has 26 heavy (non-hydrogen) atoms. The highest BCUT2D eigenvalue weighted by molar-refractivity contribution is 5.78. The van der Waals surface area contributed by atoms with Gasteiger partial charge < -0.3 is 34.9 Å². The van der Waals surface area contributed by atoms with Crippen LogP contribution in [0, 0.1) is 0 Å². The standard InChI is InChI=1S/C17H23N5O4/c1-23-7-5-22(6-8-24-2)17-15(18)16(19-10-20-17)21-12-3-4-13-14(9-12)26-11-25-13/h3-4,9-10H,5-8,11,18H2,1-2H3,(H,19,20,21). The summed E-state index contributed by atoms with van der Waals surface area (Å²) in [5.41, 5.74) is 7.57. The number of hydrogen-bond acceptors (Lipinski definition) is 9. The highest BCUT2D eigenvalue weighted by Crippen LogP contribution is 2.36. The number of benzene rings is 1. The summed E-state index contributed by atoms with van der Waals surface area (Å²) in [7, 11) is 3.31. The Labute approximate surface area is 152 Å². The molecule has 9 nitrogen and oxygen atoms in total. The first-order valence-corrected chi connectivity index (χ1v) is 8.23. The topological polar surface area (TPSA) is 104 Å². The first-order chi connectivity index (χ1) is 12.7. The molecule has 1 aliphatic rings. The molecule has 0 unspecified atom stereocenters. The van der Waals surface area contributed by atoms with Crippen molar-refractivity contribution in [2.24, 2.45) is 0 Å². The predicted molar refractivity (Wildman–Crippen MR) is 98.3 cm³/mol. The van der Waals surface area contributed by atoms with E-state index >= 15 is 0 Å². The van der Waals surface area contributed by atoms with E-state index in [0.717, 1.165) is 11.4 Å². The average Bonchev–Trinajstić information content (AvgIpc) is 3.12. The maximum absolute atomic E-state index is 6.32. The fraction of sp³-hybridized carbons (Fsp3) is 0.412. The molecule has 0 radical (unpaired) electrons. The second-order valence-corrected chi connectivity index (χ2v) is 5.63. The van der Waals surface area contributed by atoms with Gasteiger partial charge in [0.25, 0.3) is 0 Å². The van der Waals surface area contributed by atoms with E-state index in [9.17, 15) is 0 Å². The van der Waals surface area contributed by atoms with Gasteiger partial charge in [-0.25, -0.2) is 9.97 Å². The molecule has 3 N–H and O–H groups in total. The van der Waals surface area contributed by atoms with Crippen LogP contribution in [0.5, 0.6) is 11.5 Å². The molecule has 0 fully saturated rings. The number of methoxy groups -OCH3 is 2. The van der Waals surface area contributed by atoms with E-state index in [1.165, 1.54) is 6.33 Å². The van der Waals surface area contributed by atoms with Gasteiger partial charge in [0.15, 0.2) is 23.1 Å². The van der Waals surface area contributed by atoms with Gasteiger partial charge in [0.1, 0.15) is 12.0 Å². The Bertz CT molecular complexity index is 735. The quantitative estimate of drug-likeness (QED) is 0.689. The van der Waals surface area contributed by atoms with Crippen molar-refractivity contribution in [1.29, 1.82) is 0 Å². The van der Waals surface area contributed by atoms with Gasteiger partial charge in [0, 0.05) is 39.1 Å². The molecule has 0 saturated heterocycles. The Balaban J connectivity index is 1.81. The van der Waals surface area contributed by atoms with Crippen molar-refractivity contribution in [3.05, 3.63) is 24.5 Å². The lowest BCUT2D eigenvalue weighted by Crippen LogP contribution is -2.32. The SMILES string of the molecule is COCCN(CCOC)c1ncnc(Nc2ccc3c(c2)OCO3)c1N. The molecule has 0 saturated carbocycles. The molecular weight excluding hydrogens is 338 g/mol. The van der Waals surface area contributed by atoms with Crippen LogP contribution >= 0.6 is 0 Å². The van der Waals surface area contributed by atoms with E-state index in [2.05, 4.69) is 15.3 Å². The minimum atomic E-state index is 0.229. The number of nitrogens with one attached hydrogen (secondary N) is 1. The Morgan fingerprint density at radius 3 is 2.58 bits per heavy atom. The first-order valence-electron chi connectivity index (χ1n) is 8.23. The fourth-order valence-electron chi connectivity index (χ4n) is 2.58. The summed E-state index contributed by atoms with van der Waals surface area (Å²) >= 11 is 0. The summed E-state index contributed by atoms with van der Waals surface area (Å²) in [6, 6.07) is 5.56. The number of nitrogens with two attached hydrogens (primary N) is 1. The van der Waals surface area contributed by atoms with E-state index in [4.69, 9.17) is 24.7 Å². The molecule has 1 aromatic heterocycles. The summed E-state index contributed by atoms with van der Waals surface area (Å²) in [6.07, 6.45) is 1.48. The van der Waals surface area contributed by atoms with Gasteiger partial charge in [-0.05, 0) is 12.1 Å². The summed E-state index contributed by atoms with van der Waals surface area (Å²) in [6.45, 7) is 2.62. The van der Waals surface area contributed by atoms with Crippen LogP contribution in [-0.4, -0.2) is 57.3 Å². The normalized spacial score (nSPS) is 12.2. The summed E-state index contributed by atoms with van der Waals surface area (Å²) in [5, 5.41) is 3.21. The van der Waals surface area contributed by atoms with Crippen LogP contribution < -0.4 is 25.4 Å². The lowest BCUT2D eigenvalue weighted by Gasteiger charge is -2.25. The second kappa shape index (κ2) is 8.54. The minimum Gasteiger partial charge on any atom is -0.454 e. The first kappa shape index (κ1) is 18.0. The van der Waals surface area contributed by atoms with Crippen molar-refractivity contribution in [2.45, 2.75) is 0 Å². The maximum atomic E-state index is 6.32. The highest BCUT2D eigenvalue weighted by Gasteiger charge is 2.17. The van der Waals surface area contributed by atoms with Crippen LogP contribution in [0.15, 0.2) is 24.5 Å². The molecule has 0 aliphatic carbocycles. The van der Waals surface area contributed by atoms with Crippen LogP contribution in [-0.2, 0) is 9.47 Å². The van der Waals surface area contributed by atoms with E-state index in [1.807, 2.05) is 23.1 Å². The zero-order valence-corrected chi connectivity index (χ0v) is 14.9. The monoisotopic (exact) mass is 361 g/mol. The largest absolute Gasteiger partial charge is 0.454 e. The number of ether oxygens (including phenoxy) is 4. The number of hydrogen-bond donors (Lipinski definition) is 2. The van der Waals surface area contributed by atoms with Gasteiger partial charge in [-0.15, -0.1) is 0 Å². The number of rotatable bonds is 9. The zero-order chi connectivity index (χ0) is 18.4. The van der Waals surface area contributed by atoms with Crippen molar-refractivity contribution < 1.29 is 18.9 Å². The molecule has 0 amide bonds. The third-order valence-electron chi connectivity index (χ3n) is 3.93. The highest BCUT2D eigenvalue weighted by atomic mass is 16.7. The van der Waals surface area contributed by atoms with E-state index in [1.54, 1.807) is 14.2 Å². The Morgan fingerprint density at radius 1 is 1.12 bits per heavy atom. The van der Waals surface area contributed by atoms with Crippen molar-refractivity contribution in [2.75, 3.05) is 63.3 Å². The Morgan fingerprint density at radius 2 is 1.85 bits per heavy atom. The minimum absolute atomic E-state index is 0.229. The van der Waals surface area contributed by atoms with E-state index < -0.39 is 0 Å². The lowest BCUT2D eigenvalue weighted by atomic mass is 10.2. The van der Waals surface area contributed by atoms with Gasteiger partial charge in [0.2, 0.25) is 6.79 Å². The van der Waals surface area contributed by atoms with Crippen LogP contribution in [0.2, 0.25) is 0 Å². The predicted octanol–water partition coefficient (Wildman–Crippen LogP) is 1.63. The van der Waals surface area contributed by atoms with Gasteiger partial charge in [-0.1, -0.05) is 0 Å². The fourth-order valence-corrected chi connectivity index (χ4v) is 2.58. The number of aromatic nitrogens is 2. The van der Waals surface area contributed by atoms with Crippen molar-refractivity contribution in [3.8, 4) is 11.5 Å². The molecule has 0 atom stereocenters. The molecule has 140 valence electrons. The van der Waals surface area contributed by atoms with Gasteiger partial charge in [-0.2, -0.15) is 0 Å². The number of anilines is 4. The smallest absolute Gasteiger partial charge is 0.231 e. The number of nitrogens with zero attached hydrogens (tertiary/aromatic N) is 3. The molecule has 2 aromatic rings. The molecule has 2 heterocycles. The van der Waals surface area contributed by atoms with Crippen LogP contribution in [0.3, 0.4) is 0 Å². The molecule has 9 heteroatoms. The molecule has 0 bridgehead atoms.